The minimum absolute atomic E-state index is 0.253. The van der Waals surface area contributed by atoms with E-state index < -0.39 is 11.5 Å². The van der Waals surface area contributed by atoms with Crippen LogP contribution in [0.1, 0.15) is 40.0 Å². The van der Waals surface area contributed by atoms with Crippen LogP contribution in [0.4, 0.5) is 0 Å². The van der Waals surface area contributed by atoms with Gasteiger partial charge in [-0.05, 0) is 66.8 Å². The third-order valence-electron chi connectivity index (χ3n) is 4.70. The molecule has 0 bridgehead atoms. The predicted molar refractivity (Wildman–Crippen MR) is 82.1 cm³/mol. The molecule has 118 valence electrons. The average molecular weight is 285 g/mol. The van der Waals surface area contributed by atoms with Crippen LogP contribution in [0.5, 0.6) is 0 Å². The van der Waals surface area contributed by atoms with Crippen LogP contribution in [-0.2, 0) is 4.79 Å². The highest BCUT2D eigenvalue weighted by Crippen LogP contribution is 2.22. The van der Waals surface area contributed by atoms with Gasteiger partial charge in [-0.3, -0.25) is 4.79 Å². The predicted octanol–water partition coefficient (Wildman–Crippen LogP) is 1.24. The number of carboxylic acid groups (broad SMARTS) is 1. The van der Waals surface area contributed by atoms with Gasteiger partial charge in [-0.25, -0.2) is 0 Å². The Kier molecular flexibility index (Phi) is 6.43. The van der Waals surface area contributed by atoms with Crippen molar-refractivity contribution in [2.24, 2.45) is 0 Å². The SMILES string of the molecule is CCNC(C)(CC(C)N(C)C1CCN(C)CC1)C(=O)O. The van der Waals surface area contributed by atoms with E-state index in [-0.39, 0.29) is 6.04 Å². The van der Waals surface area contributed by atoms with Gasteiger partial charge in [0, 0.05) is 12.1 Å². The molecule has 5 nitrogen and oxygen atoms in total. The maximum absolute atomic E-state index is 11.5. The summed E-state index contributed by atoms with van der Waals surface area (Å²) in [6, 6.07) is 0.824. The Labute approximate surface area is 123 Å². The monoisotopic (exact) mass is 285 g/mol. The van der Waals surface area contributed by atoms with Crippen LogP contribution in [0.25, 0.3) is 0 Å². The van der Waals surface area contributed by atoms with Gasteiger partial charge in [0.15, 0.2) is 0 Å². The maximum Gasteiger partial charge on any atom is 0.323 e. The number of likely N-dealkylation sites (tertiary alicyclic amines) is 1. The van der Waals surface area contributed by atoms with Crippen molar-refractivity contribution in [2.75, 3.05) is 33.7 Å². The fraction of sp³-hybridized carbons (Fsp3) is 0.933. The Bertz CT molecular complexity index is 316. The fourth-order valence-corrected chi connectivity index (χ4v) is 3.12. The molecule has 0 aromatic heterocycles. The number of hydrogen-bond acceptors (Lipinski definition) is 4. The molecule has 0 spiro atoms. The second-order valence-corrected chi connectivity index (χ2v) is 6.42. The number of rotatable bonds is 7. The van der Waals surface area contributed by atoms with Crippen LogP contribution in [0, 0.1) is 0 Å². The van der Waals surface area contributed by atoms with Gasteiger partial charge in [0.2, 0.25) is 0 Å². The van der Waals surface area contributed by atoms with Crippen molar-refractivity contribution in [2.45, 2.75) is 57.7 Å². The lowest BCUT2D eigenvalue weighted by Gasteiger charge is -2.40. The van der Waals surface area contributed by atoms with Crippen LogP contribution in [-0.4, -0.2) is 72.2 Å². The smallest absolute Gasteiger partial charge is 0.323 e. The van der Waals surface area contributed by atoms with Gasteiger partial charge in [0.25, 0.3) is 0 Å². The Balaban J connectivity index is 2.59. The molecule has 2 N–H and O–H groups in total. The number of carboxylic acids is 1. The summed E-state index contributed by atoms with van der Waals surface area (Å²) in [6.45, 7) is 8.81. The number of nitrogens with one attached hydrogen (secondary N) is 1. The zero-order valence-corrected chi connectivity index (χ0v) is 13.6. The topological polar surface area (TPSA) is 55.8 Å². The highest BCUT2D eigenvalue weighted by molar-refractivity contribution is 5.78. The minimum Gasteiger partial charge on any atom is -0.480 e. The van der Waals surface area contributed by atoms with Crippen molar-refractivity contribution in [3.05, 3.63) is 0 Å². The van der Waals surface area contributed by atoms with E-state index in [2.05, 4.69) is 36.1 Å². The molecule has 1 fully saturated rings. The molecule has 1 aliphatic heterocycles. The Morgan fingerprint density at radius 3 is 2.50 bits per heavy atom. The number of hydrogen-bond donors (Lipinski definition) is 2. The second-order valence-electron chi connectivity index (χ2n) is 6.42. The Morgan fingerprint density at radius 2 is 2.05 bits per heavy atom. The molecule has 0 aromatic carbocycles. The molecule has 1 rings (SSSR count). The number of likely N-dealkylation sites (N-methyl/N-ethyl adjacent to an activating group) is 1. The molecular formula is C15H31N3O2. The number of piperidine rings is 1. The molecule has 0 aliphatic carbocycles. The number of aliphatic carboxylic acids is 1. The fourth-order valence-electron chi connectivity index (χ4n) is 3.12. The first-order valence-corrected chi connectivity index (χ1v) is 7.69. The molecule has 1 heterocycles. The summed E-state index contributed by atoms with van der Waals surface area (Å²) in [5.41, 5.74) is -0.839. The first-order chi connectivity index (χ1) is 9.30. The number of nitrogens with zero attached hydrogens (tertiary/aromatic N) is 2. The van der Waals surface area contributed by atoms with Crippen molar-refractivity contribution in [3.63, 3.8) is 0 Å². The molecule has 2 unspecified atom stereocenters. The van der Waals surface area contributed by atoms with Crippen LogP contribution in [0.3, 0.4) is 0 Å². The van der Waals surface area contributed by atoms with E-state index >= 15 is 0 Å². The largest absolute Gasteiger partial charge is 0.480 e. The molecular weight excluding hydrogens is 254 g/mol. The van der Waals surface area contributed by atoms with Gasteiger partial charge >= 0.3 is 5.97 Å². The van der Waals surface area contributed by atoms with Crippen LogP contribution >= 0.6 is 0 Å². The summed E-state index contributed by atoms with van der Waals surface area (Å²) in [5, 5.41) is 12.6. The summed E-state index contributed by atoms with van der Waals surface area (Å²) in [6.07, 6.45) is 2.96. The summed E-state index contributed by atoms with van der Waals surface area (Å²) < 4.78 is 0. The third kappa shape index (κ3) is 4.43. The van der Waals surface area contributed by atoms with Crippen molar-refractivity contribution >= 4 is 5.97 Å². The standard InChI is InChI=1S/C15H31N3O2/c1-6-16-15(3,14(19)20)11-12(2)18(5)13-7-9-17(4)10-8-13/h12-13,16H,6-11H2,1-5H3,(H,19,20). The van der Waals surface area contributed by atoms with E-state index in [9.17, 15) is 9.90 Å². The van der Waals surface area contributed by atoms with E-state index in [4.69, 9.17) is 0 Å². The van der Waals surface area contributed by atoms with Gasteiger partial charge in [-0.2, -0.15) is 0 Å². The number of carbonyl (C=O) groups is 1. The van der Waals surface area contributed by atoms with E-state index in [1.54, 1.807) is 6.92 Å². The van der Waals surface area contributed by atoms with Crippen LogP contribution in [0.15, 0.2) is 0 Å². The van der Waals surface area contributed by atoms with Crippen LogP contribution < -0.4 is 5.32 Å². The van der Waals surface area contributed by atoms with Crippen molar-refractivity contribution in [1.82, 2.24) is 15.1 Å². The lowest BCUT2D eigenvalue weighted by molar-refractivity contribution is -0.145. The van der Waals surface area contributed by atoms with E-state index in [1.807, 2.05) is 6.92 Å². The summed E-state index contributed by atoms with van der Waals surface area (Å²) in [5.74, 6) is -0.761. The molecule has 0 saturated carbocycles. The molecule has 0 radical (unpaired) electrons. The summed E-state index contributed by atoms with van der Waals surface area (Å²) in [4.78, 5) is 16.2. The van der Waals surface area contributed by atoms with E-state index in [1.165, 1.54) is 12.8 Å². The first-order valence-electron chi connectivity index (χ1n) is 7.69. The quantitative estimate of drug-likeness (QED) is 0.737. The third-order valence-corrected chi connectivity index (χ3v) is 4.70. The van der Waals surface area contributed by atoms with Gasteiger partial charge in [-0.15, -0.1) is 0 Å². The maximum atomic E-state index is 11.5. The Morgan fingerprint density at radius 1 is 1.50 bits per heavy atom. The van der Waals surface area contributed by atoms with Crippen molar-refractivity contribution < 1.29 is 9.90 Å². The molecule has 0 amide bonds. The zero-order valence-electron chi connectivity index (χ0n) is 13.6. The first kappa shape index (κ1) is 17.4. The average Bonchev–Trinajstić information content (AvgIpc) is 2.38. The molecule has 20 heavy (non-hydrogen) atoms. The molecule has 1 aliphatic rings. The zero-order chi connectivity index (χ0) is 15.3. The van der Waals surface area contributed by atoms with Gasteiger partial charge in [0.05, 0.1) is 0 Å². The molecule has 0 aromatic rings. The van der Waals surface area contributed by atoms with Crippen molar-refractivity contribution in [3.8, 4) is 0 Å². The highest BCUT2D eigenvalue weighted by Gasteiger charge is 2.36. The molecule has 5 heteroatoms. The lowest BCUT2D eigenvalue weighted by atomic mass is 9.91. The van der Waals surface area contributed by atoms with Gasteiger partial charge < -0.3 is 20.2 Å². The summed E-state index contributed by atoms with van der Waals surface area (Å²) in [7, 11) is 4.29. The van der Waals surface area contributed by atoms with Crippen LogP contribution in [0.2, 0.25) is 0 Å². The Hall–Kier alpha value is -0.650. The lowest BCUT2D eigenvalue weighted by Crippen LogP contribution is -2.54. The second kappa shape index (κ2) is 7.38. The van der Waals surface area contributed by atoms with Gasteiger partial charge in [0.1, 0.15) is 5.54 Å². The van der Waals surface area contributed by atoms with Gasteiger partial charge in [-0.1, -0.05) is 6.92 Å². The highest BCUT2D eigenvalue weighted by atomic mass is 16.4. The normalized spacial score (nSPS) is 22.7. The summed E-state index contributed by atoms with van der Waals surface area (Å²) >= 11 is 0. The van der Waals surface area contributed by atoms with E-state index in [0.717, 1.165) is 13.1 Å². The van der Waals surface area contributed by atoms with E-state index in [0.29, 0.717) is 19.0 Å². The molecule has 2 atom stereocenters. The molecule has 1 saturated heterocycles. The minimum atomic E-state index is -0.839. The van der Waals surface area contributed by atoms with Crippen molar-refractivity contribution in [1.29, 1.82) is 0 Å².